The number of carboxylic acids is 1. The van der Waals surface area contributed by atoms with Gasteiger partial charge in [-0.25, -0.2) is 4.79 Å². The van der Waals surface area contributed by atoms with Gasteiger partial charge in [-0.3, -0.25) is 28.9 Å². The van der Waals surface area contributed by atoms with Crippen LogP contribution < -0.4 is 15.4 Å². The molecule has 2 aliphatic heterocycles. The third-order valence-electron chi connectivity index (χ3n) is 6.32. The van der Waals surface area contributed by atoms with Crippen LogP contribution in [0.2, 0.25) is 0 Å². The zero-order chi connectivity index (χ0) is 35.9. The Bertz CT molecular complexity index is 1210. The highest BCUT2D eigenvalue weighted by molar-refractivity contribution is 6.12. The second kappa shape index (κ2) is 23.9. The molecule has 1 saturated heterocycles. The summed E-state index contributed by atoms with van der Waals surface area (Å²) in [5.74, 6) is -2.67. The number of imide groups is 1. The predicted molar refractivity (Wildman–Crippen MR) is 171 cm³/mol. The summed E-state index contributed by atoms with van der Waals surface area (Å²) in [6.07, 6.45) is -1.03. The van der Waals surface area contributed by atoms with Crippen LogP contribution in [-0.2, 0) is 54.3 Å². The molecule has 0 aliphatic carbocycles. The maximum atomic E-state index is 12.6. The molecule has 0 aromatic heterocycles. The minimum atomic E-state index is -1.26. The fraction of sp³-hybridized carbons (Fsp3) is 0.562. The number of hydrogen-bond donors (Lipinski definition) is 4. The van der Waals surface area contributed by atoms with Crippen LogP contribution in [0.4, 0.5) is 5.69 Å². The van der Waals surface area contributed by atoms with Gasteiger partial charge in [0, 0.05) is 44.4 Å². The van der Waals surface area contributed by atoms with E-state index in [-0.39, 0.29) is 107 Å². The highest BCUT2D eigenvalue weighted by Crippen LogP contribution is 2.30. The lowest BCUT2D eigenvalue weighted by Gasteiger charge is -2.31. The Morgan fingerprint density at radius 1 is 0.958 bits per heavy atom. The minimum Gasteiger partial charge on any atom is -0.479 e. The van der Waals surface area contributed by atoms with E-state index in [4.69, 9.17) is 23.7 Å². The van der Waals surface area contributed by atoms with E-state index < -0.39 is 30.4 Å². The van der Waals surface area contributed by atoms with Crippen molar-refractivity contribution >= 4 is 41.8 Å². The summed E-state index contributed by atoms with van der Waals surface area (Å²) in [4.78, 5) is 70.6. The lowest BCUT2D eigenvalue weighted by molar-refractivity contribution is -0.195. The standard InChI is InChI=1S/C28H35N3O13.2C2H6/c32-17-42-16-18-1-2-21(43-27-15-19(33)14-22(44-27)28(38)39)20(13-18)30-24(35)5-7-29-23(34)6-9-40-11-12-41-10-8-31-25(36)3-4-26(31)37;2*1-2/h1-4,13,17,19,22,27,33H,5-12,14-16H2,(H,29,34)(H,30,35)(H,38,39);2*1-2H3. The molecule has 3 atom stereocenters. The minimum absolute atomic E-state index is 0.0108. The summed E-state index contributed by atoms with van der Waals surface area (Å²) in [5.41, 5.74) is 0.718. The van der Waals surface area contributed by atoms with E-state index in [1.807, 2.05) is 27.7 Å². The molecule has 3 rings (SSSR count). The summed E-state index contributed by atoms with van der Waals surface area (Å²) in [6, 6.07) is 4.57. The van der Waals surface area contributed by atoms with Crippen LogP contribution in [0.5, 0.6) is 5.75 Å². The normalized spacial score (nSPS) is 18.1. The smallest absolute Gasteiger partial charge is 0.333 e. The van der Waals surface area contributed by atoms with Crippen molar-refractivity contribution in [1.82, 2.24) is 10.2 Å². The first-order valence-electron chi connectivity index (χ1n) is 15.8. The van der Waals surface area contributed by atoms with E-state index in [9.17, 15) is 39.0 Å². The van der Waals surface area contributed by atoms with Crippen LogP contribution in [0.1, 0.15) is 58.9 Å². The Morgan fingerprint density at radius 3 is 2.27 bits per heavy atom. The maximum Gasteiger partial charge on any atom is 0.333 e. The summed E-state index contributed by atoms with van der Waals surface area (Å²) < 4.78 is 26.6. The van der Waals surface area contributed by atoms with Crippen molar-refractivity contribution < 1.29 is 62.7 Å². The number of anilines is 1. The Morgan fingerprint density at radius 2 is 1.62 bits per heavy atom. The SMILES string of the molecule is CC.CC.O=COCc1ccc(OC2CC(O)CC(C(=O)O)O2)c(NC(=O)CCNC(=O)CCOCCOCCN2C(=O)C=CC2=O)c1. The first-order chi connectivity index (χ1) is 23.2. The number of nitrogens with one attached hydrogen (secondary N) is 2. The van der Waals surface area contributed by atoms with Crippen LogP contribution in [0.3, 0.4) is 0 Å². The van der Waals surface area contributed by atoms with Gasteiger partial charge in [-0.2, -0.15) is 0 Å². The van der Waals surface area contributed by atoms with E-state index in [2.05, 4.69) is 10.6 Å². The molecule has 4 amide bonds. The Kier molecular flexibility index (Phi) is 20.7. The molecule has 48 heavy (non-hydrogen) atoms. The van der Waals surface area contributed by atoms with Crippen molar-refractivity contribution in [2.45, 2.75) is 78.5 Å². The number of benzene rings is 1. The maximum absolute atomic E-state index is 12.6. The number of aliphatic hydroxyl groups excluding tert-OH is 1. The number of rotatable bonds is 19. The lowest BCUT2D eigenvalue weighted by atomic mass is 10.1. The number of amides is 4. The second-order valence-electron chi connectivity index (χ2n) is 9.66. The van der Waals surface area contributed by atoms with Crippen molar-refractivity contribution in [3.63, 3.8) is 0 Å². The van der Waals surface area contributed by atoms with E-state index in [0.717, 1.165) is 4.90 Å². The first kappa shape index (κ1) is 41.6. The zero-order valence-corrected chi connectivity index (χ0v) is 27.8. The molecule has 0 spiro atoms. The van der Waals surface area contributed by atoms with Gasteiger partial charge >= 0.3 is 5.97 Å². The predicted octanol–water partition coefficient (Wildman–Crippen LogP) is 1.53. The van der Waals surface area contributed by atoms with Gasteiger partial charge in [0.1, 0.15) is 12.4 Å². The Balaban J connectivity index is 0.00000277. The van der Waals surface area contributed by atoms with Crippen molar-refractivity contribution in [1.29, 1.82) is 0 Å². The third kappa shape index (κ3) is 15.5. The molecule has 1 fully saturated rings. The average molecular weight is 682 g/mol. The van der Waals surface area contributed by atoms with Gasteiger partial charge < -0.3 is 44.5 Å². The van der Waals surface area contributed by atoms with Gasteiger partial charge in [0.2, 0.25) is 18.1 Å². The van der Waals surface area contributed by atoms with Gasteiger partial charge in [0.25, 0.3) is 18.3 Å². The molecule has 0 radical (unpaired) electrons. The van der Waals surface area contributed by atoms with Crippen molar-refractivity contribution in [2.24, 2.45) is 0 Å². The molecule has 1 aromatic rings. The summed E-state index contributed by atoms with van der Waals surface area (Å²) in [5, 5.41) is 24.5. The number of nitrogens with zero attached hydrogens (tertiary/aromatic N) is 1. The summed E-state index contributed by atoms with van der Waals surface area (Å²) in [7, 11) is 0. The van der Waals surface area contributed by atoms with Crippen molar-refractivity contribution in [3.8, 4) is 5.75 Å². The molecular formula is C32H47N3O13. The topological polar surface area (TPSA) is 216 Å². The van der Waals surface area contributed by atoms with E-state index >= 15 is 0 Å². The largest absolute Gasteiger partial charge is 0.479 e. The Hall–Kier alpha value is -4.38. The second-order valence-corrected chi connectivity index (χ2v) is 9.66. The molecule has 16 heteroatoms. The molecule has 16 nitrogen and oxygen atoms in total. The van der Waals surface area contributed by atoms with Crippen LogP contribution >= 0.6 is 0 Å². The van der Waals surface area contributed by atoms with E-state index in [1.165, 1.54) is 24.3 Å². The molecule has 2 aliphatic rings. The van der Waals surface area contributed by atoms with Gasteiger partial charge in [-0.1, -0.05) is 33.8 Å². The lowest BCUT2D eigenvalue weighted by Crippen LogP contribution is -2.42. The van der Waals surface area contributed by atoms with Crippen LogP contribution in [-0.4, -0.2) is 109 Å². The van der Waals surface area contributed by atoms with Crippen molar-refractivity contribution in [2.75, 3.05) is 44.8 Å². The quantitative estimate of drug-likeness (QED) is 0.0927. The number of aliphatic carboxylic acids is 1. The zero-order valence-electron chi connectivity index (χ0n) is 27.8. The number of ether oxygens (including phenoxy) is 5. The number of hydrogen-bond acceptors (Lipinski definition) is 12. The molecular weight excluding hydrogens is 634 g/mol. The Labute approximate surface area is 279 Å². The van der Waals surface area contributed by atoms with Crippen LogP contribution in [0, 0.1) is 0 Å². The molecule has 3 unspecified atom stereocenters. The van der Waals surface area contributed by atoms with E-state index in [1.54, 1.807) is 6.07 Å². The molecule has 268 valence electrons. The molecule has 4 N–H and O–H groups in total. The third-order valence-corrected chi connectivity index (χ3v) is 6.32. The highest BCUT2D eigenvalue weighted by atomic mass is 16.7. The van der Waals surface area contributed by atoms with Gasteiger partial charge in [0.05, 0.1) is 44.8 Å². The molecule has 0 bridgehead atoms. The number of carbonyl (C=O) groups is 6. The van der Waals surface area contributed by atoms with Crippen LogP contribution in [0.15, 0.2) is 30.4 Å². The number of carbonyl (C=O) groups excluding carboxylic acids is 5. The number of aliphatic hydroxyl groups is 1. The fourth-order valence-corrected chi connectivity index (χ4v) is 4.14. The first-order valence-corrected chi connectivity index (χ1v) is 15.8. The van der Waals surface area contributed by atoms with Crippen molar-refractivity contribution in [3.05, 3.63) is 35.9 Å². The monoisotopic (exact) mass is 681 g/mol. The summed E-state index contributed by atoms with van der Waals surface area (Å²) >= 11 is 0. The average Bonchev–Trinajstić information content (AvgIpc) is 3.39. The van der Waals surface area contributed by atoms with Gasteiger partial charge in [0.15, 0.2) is 6.10 Å². The molecule has 0 saturated carbocycles. The van der Waals surface area contributed by atoms with Gasteiger partial charge in [-0.05, 0) is 17.7 Å². The van der Waals surface area contributed by atoms with Crippen LogP contribution in [0.25, 0.3) is 0 Å². The molecule has 2 heterocycles. The highest BCUT2D eigenvalue weighted by Gasteiger charge is 2.34. The summed E-state index contributed by atoms with van der Waals surface area (Å²) in [6.45, 7) is 9.07. The van der Waals surface area contributed by atoms with E-state index in [0.29, 0.717) is 5.56 Å². The van der Waals surface area contributed by atoms with Gasteiger partial charge in [-0.15, -0.1) is 0 Å². The fourth-order valence-electron chi connectivity index (χ4n) is 4.14. The molecule has 1 aromatic carbocycles. The number of carboxylic acid groups (broad SMARTS) is 1.